The van der Waals surface area contributed by atoms with Crippen molar-refractivity contribution in [1.82, 2.24) is 14.7 Å². The van der Waals surface area contributed by atoms with Gasteiger partial charge >= 0.3 is 0 Å². The fourth-order valence-corrected chi connectivity index (χ4v) is 4.44. The molecule has 0 N–H and O–H groups in total. The third-order valence-corrected chi connectivity index (χ3v) is 6.83. The first kappa shape index (κ1) is 25.6. The lowest BCUT2D eigenvalue weighted by molar-refractivity contribution is 0.0598. The van der Waals surface area contributed by atoms with Crippen LogP contribution in [0, 0.1) is 12.7 Å². The second-order valence-electron chi connectivity index (χ2n) is 9.40. The summed E-state index contributed by atoms with van der Waals surface area (Å²) in [7, 11) is 0. The molecule has 1 aliphatic heterocycles. The van der Waals surface area contributed by atoms with Gasteiger partial charge in [-0.3, -0.25) is 14.5 Å². The molecule has 1 aliphatic rings. The van der Waals surface area contributed by atoms with E-state index in [2.05, 4.69) is 11.8 Å². The molecule has 0 bridgehead atoms. The van der Waals surface area contributed by atoms with Crippen LogP contribution in [0.1, 0.15) is 44.3 Å². The molecule has 5 nitrogen and oxygen atoms in total. The second-order valence-corrected chi connectivity index (χ2v) is 9.40. The molecule has 1 fully saturated rings. The maximum atomic E-state index is 13.4. The van der Waals surface area contributed by atoms with Crippen LogP contribution >= 0.6 is 0 Å². The molecule has 0 aliphatic carbocycles. The number of carbonyl (C=O) groups excluding carboxylic acids is 2. The summed E-state index contributed by atoms with van der Waals surface area (Å²) in [6, 6.07) is 21.8. The number of nitrogens with zero attached hydrogens (tertiary/aromatic N) is 3. The summed E-state index contributed by atoms with van der Waals surface area (Å²) in [5.41, 5.74) is 4.59. The van der Waals surface area contributed by atoms with Crippen molar-refractivity contribution < 1.29 is 14.0 Å². The lowest BCUT2D eigenvalue weighted by Gasteiger charge is -2.36. The Morgan fingerprint density at radius 3 is 2.00 bits per heavy atom. The molecule has 36 heavy (non-hydrogen) atoms. The molecule has 0 saturated carbocycles. The standard InChI is InChI=1S/C30H34FN3O2/c1-3-24-6-12-27(13-7-24)29(35)33-19-16-32(17-20-33)18-21-34(22-25-8-14-28(31)15-9-25)30(36)26-10-4-23(2)5-11-26/h4-15H,3,16-22H2,1-2H3. The average molecular weight is 488 g/mol. The van der Waals surface area contributed by atoms with E-state index < -0.39 is 0 Å². The molecule has 1 saturated heterocycles. The van der Waals surface area contributed by atoms with Crippen molar-refractivity contribution >= 4 is 11.8 Å². The number of halogens is 1. The summed E-state index contributed by atoms with van der Waals surface area (Å²) in [6.07, 6.45) is 0.956. The maximum absolute atomic E-state index is 13.4. The molecule has 1 heterocycles. The number of rotatable bonds is 8. The summed E-state index contributed by atoms with van der Waals surface area (Å²) in [5.74, 6) is -0.252. The lowest BCUT2D eigenvalue weighted by Crippen LogP contribution is -2.50. The van der Waals surface area contributed by atoms with Gasteiger partial charge in [0.25, 0.3) is 11.8 Å². The van der Waals surface area contributed by atoms with Gasteiger partial charge in [0.2, 0.25) is 0 Å². The molecule has 3 aromatic carbocycles. The normalized spacial score (nSPS) is 14.0. The van der Waals surface area contributed by atoms with Gasteiger partial charge in [0, 0.05) is 56.9 Å². The molecule has 6 heteroatoms. The van der Waals surface area contributed by atoms with Crippen LogP contribution in [-0.2, 0) is 13.0 Å². The Morgan fingerprint density at radius 1 is 0.806 bits per heavy atom. The first-order valence-corrected chi connectivity index (χ1v) is 12.6. The molecule has 188 valence electrons. The molecule has 2 amide bonds. The van der Waals surface area contributed by atoms with E-state index in [-0.39, 0.29) is 17.6 Å². The Hall–Kier alpha value is -3.51. The predicted octanol–water partition coefficient (Wildman–Crippen LogP) is 4.80. The summed E-state index contributed by atoms with van der Waals surface area (Å²) >= 11 is 0. The van der Waals surface area contributed by atoms with E-state index in [0.717, 1.165) is 36.2 Å². The molecule has 0 aromatic heterocycles. The minimum absolute atomic E-state index is 0.0383. The van der Waals surface area contributed by atoms with Gasteiger partial charge in [0.05, 0.1) is 0 Å². The number of benzene rings is 3. The number of carbonyl (C=O) groups is 2. The van der Waals surface area contributed by atoms with Crippen molar-refractivity contribution in [2.24, 2.45) is 0 Å². The van der Waals surface area contributed by atoms with Crippen LogP contribution in [0.4, 0.5) is 4.39 Å². The van der Waals surface area contributed by atoms with Gasteiger partial charge in [0.1, 0.15) is 5.82 Å². The SMILES string of the molecule is CCc1ccc(C(=O)N2CCN(CCN(Cc3ccc(F)cc3)C(=O)c3ccc(C)cc3)CC2)cc1. The minimum atomic E-state index is -0.288. The van der Waals surface area contributed by atoms with Gasteiger partial charge in [-0.25, -0.2) is 4.39 Å². The highest BCUT2D eigenvalue weighted by Gasteiger charge is 2.23. The number of piperazine rings is 1. The van der Waals surface area contributed by atoms with Crippen LogP contribution in [0.3, 0.4) is 0 Å². The highest BCUT2D eigenvalue weighted by molar-refractivity contribution is 5.94. The molecule has 0 unspecified atom stereocenters. The van der Waals surface area contributed by atoms with Crippen molar-refractivity contribution in [3.63, 3.8) is 0 Å². The monoisotopic (exact) mass is 487 g/mol. The molecule has 4 rings (SSSR count). The summed E-state index contributed by atoms with van der Waals surface area (Å²) in [5, 5.41) is 0. The molecule has 0 atom stereocenters. The van der Waals surface area contributed by atoms with E-state index in [1.807, 2.05) is 65.3 Å². The highest BCUT2D eigenvalue weighted by Crippen LogP contribution is 2.14. The first-order chi connectivity index (χ1) is 17.4. The number of aryl methyl sites for hydroxylation is 2. The number of hydrogen-bond acceptors (Lipinski definition) is 3. The maximum Gasteiger partial charge on any atom is 0.254 e. The van der Waals surface area contributed by atoms with Gasteiger partial charge < -0.3 is 9.80 Å². The topological polar surface area (TPSA) is 43.9 Å². The van der Waals surface area contributed by atoms with Gasteiger partial charge in [-0.2, -0.15) is 0 Å². The Balaban J connectivity index is 1.36. The summed E-state index contributed by atoms with van der Waals surface area (Å²) in [4.78, 5) is 32.2. The van der Waals surface area contributed by atoms with E-state index >= 15 is 0 Å². The molecule has 3 aromatic rings. The van der Waals surface area contributed by atoms with Crippen LogP contribution in [0.15, 0.2) is 72.8 Å². The van der Waals surface area contributed by atoms with Crippen molar-refractivity contribution in [1.29, 1.82) is 0 Å². The van der Waals surface area contributed by atoms with E-state index in [4.69, 9.17) is 0 Å². The fraction of sp³-hybridized carbons (Fsp3) is 0.333. The zero-order valence-corrected chi connectivity index (χ0v) is 21.1. The zero-order valence-electron chi connectivity index (χ0n) is 21.1. The Kier molecular flexibility index (Phi) is 8.49. The zero-order chi connectivity index (χ0) is 25.5. The van der Waals surface area contributed by atoms with Crippen LogP contribution in [0.5, 0.6) is 0 Å². The van der Waals surface area contributed by atoms with Crippen molar-refractivity contribution in [3.8, 4) is 0 Å². The minimum Gasteiger partial charge on any atom is -0.336 e. The number of hydrogen-bond donors (Lipinski definition) is 0. The van der Waals surface area contributed by atoms with Crippen LogP contribution in [0.2, 0.25) is 0 Å². The lowest BCUT2D eigenvalue weighted by atomic mass is 10.1. The van der Waals surface area contributed by atoms with Crippen LogP contribution in [-0.4, -0.2) is 65.8 Å². The Labute approximate surface area is 213 Å². The van der Waals surface area contributed by atoms with Crippen LogP contribution < -0.4 is 0 Å². The van der Waals surface area contributed by atoms with Crippen molar-refractivity contribution in [2.45, 2.75) is 26.8 Å². The molecular formula is C30H34FN3O2. The molecule has 0 spiro atoms. The second kappa shape index (κ2) is 12.0. The smallest absolute Gasteiger partial charge is 0.254 e. The Morgan fingerprint density at radius 2 is 1.39 bits per heavy atom. The van der Waals surface area contributed by atoms with Crippen LogP contribution in [0.25, 0.3) is 0 Å². The molecular weight excluding hydrogens is 453 g/mol. The van der Waals surface area contributed by atoms with Gasteiger partial charge in [0.15, 0.2) is 0 Å². The predicted molar refractivity (Wildman–Crippen MR) is 140 cm³/mol. The van der Waals surface area contributed by atoms with Gasteiger partial charge in [-0.15, -0.1) is 0 Å². The largest absolute Gasteiger partial charge is 0.336 e. The fourth-order valence-electron chi connectivity index (χ4n) is 4.44. The van der Waals surface area contributed by atoms with E-state index in [0.29, 0.717) is 38.3 Å². The van der Waals surface area contributed by atoms with Crippen molar-refractivity contribution in [3.05, 3.63) is 106 Å². The van der Waals surface area contributed by atoms with E-state index in [9.17, 15) is 14.0 Å². The third kappa shape index (κ3) is 6.58. The highest BCUT2D eigenvalue weighted by atomic mass is 19.1. The Bertz CT molecular complexity index is 1150. The van der Waals surface area contributed by atoms with Gasteiger partial charge in [-0.05, 0) is 60.9 Å². The van der Waals surface area contributed by atoms with Crippen molar-refractivity contribution in [2.75, 3.05) is 39.3 Å². The molecule has 0 radical (unpaired) electrons. The quantitative estimate of drug-likeness (QED) is 0.459. The third-order valence-electron chi connectivity index (χ3n) is 6.83. The van der Waals surface area contributed by atoms with Gasteiger partial charge in [-0.1, -0.05) is 48.9 Å². The average Bonchev–Trinajstić information content (AvgIpc) is 2.92. The summed E-state index contributed by atoms with van der Waals surface area (Å²) in [6.45, 7) is 8.64. The first-order valence-electron chi connectivity index (χ1n) is 12.6. The summed E-state index contributed by atoms with van der Waals surface area (Å²) < 4.78 is 13.4. The van der Waals surface area contributed by atoms with E-state index in [1.165, 1.54) is 17.7 Å². The van der Waals surface area contributed by atoms with E-state index in [1.54, 1.807) is 12.1 Å². The number of amides is 2.